The average molecular weight is 417 g/mol. The molecule has 6 nitrogen and oxygen atoms in total. The molecule has 0 saturated carbocycles. The Balaban J connectivity index is 1.37. The third kappa shape index (κ3) is 5.95. The quantitative estimate of drug-likeness (QED) is 0.486. The van der Waals surface area contributed by atoms with Crippen LogP contribution < -0.4 is 15.5 Å². The minimum absolute atomic E-state index is 0.601. The van der Waals surface area contributed by atoms with Crippen LogP contribution in [0.3, 0.4) is 0 Å². The Morgan fingerprint density at radius 1 is 0.968 bits per heavy atom. The molecule has 1 aliphatic heterocycles. The predicted molar refractivity (Wildman–Crippen MR) is 130 cm³/mol. The SMILES string of the molecule is CN(C)c1cccc(-c2cccc(Nc3nccc(NCCCN4CCCC4)n3)c2)c1. The van der Waals surface area contributed by atoms with Crippen molar-refractivity contribution in [2.24, 2.45) is 0 Å². The fourth-order valence-corrected chi connectivity index (χ4v) is 3.91. The smallest absolute Gasteiger partial charge is 0.229 e. The molecule has 3 aromatic rings. The lowest BCUT2D eigenvalue weighted by Gasteiger charge is -2.15. The summed E-state index contributed by atoms with van der Waals surface area (Å²) in [4.78, 5) is 13.7. The highest BCUT2D eigenvalue weighted by Crippen LogP contribution is 2.27. The molecule has 1 aromatic heterocycles. The number of anilines is 4. The van der Waals surface area contributed by atoms with Gasteiger partial charge in [-0.1, -0.05) is 24.3 Å². The van der Waals surface area contributed by atoms with E-state index < -0.39 is 0 Å². The molecule has 0 radical (unpaired) electrons. The molecule has 1 saturated heterocycles. The third-order valence-corrected chi connectivity index (χ3v) is 5.63. The van der Waals surface area contributed by atoms with Gasteiger partial charge in [0.1, 0.15) is 5.82 Å². The molecule has 0 aliphatic carbocycles. The first-order valence-corrected chi connectivity index (χ1v) is 11.1. The van der Waals surface area contributed by atoms with Crippen molar-refractivity contribution in [3.05, 3.63) is 60.8 Å². The van der Waals surface area contributed by atoms with E-state index in [2.05, 4.69) is 87.0 Å². The first-order chi connectivity index (χ1) is 15.2. The van der Waals surface area contributed by atoms with Crippen molar-refractivity contribution in [3.63, 3.8) is 0 Å². The van der Waals surface area contributed by atoms with Gasteiger partial charge < -0.3 is 20.4 Å². The summed E-state index contributed by atoms with van der Waals surface area (Å²) in [5, 5.41) is 6.77. The van der Waals surface area contributed by atoms with Crippen molar-refractivity contribution < 1.29 is 0 Å². The highest BCUT2D eigenvalue weighted by molar-refractivity contribution is 5.72. The number of benzene rings is 2. The minimum Gasteiger partial charge on any atom is -0.378 e. The number of nitrogens with zero attached hydrogens (tertiary/aromatic N) is 4. The van der Waals surface area contributed by atoms with Crippen LogP contribution in [0.2, 0.25) is 0 Å². The molecule has 0 atom stereocenters. The highest BCUT2D eigenvalue weighted by atomic mass is 15.2. The van der Waals surface area contributed by atoms with Gasteiger partial charge in [-0.15, -0.1) is 0 Å². The van der Waals surface area contributed by atoms with Gasteiger partial charge in [0, 0.05) is 38.2 Å². The standard InChI is InChI=1S/C25H32N6/c1-30(2)23-11-6-9-21(19-23)20-8-5-10-22(18-20)28-25-27-14-12-24(29-25)26-13-7-17-31-15-3-4-16-31/h5-6,8-12,14,18-19H,3-4,7,13,15-17H2,1-2H3,(H2,26,27,28,29). The molecule has 2 heterocycles. The lowest BCUT2D eigenvalue weighted by molar-refractivity contribution is 0.337. The number of hydrogen-bond acceptors (Lipinski definition) is 6. The van der Waals surface area contributed by atoms with Crippen LogP contribution in [0.25, 0.3) is 11.1 Å². The van der Waals surface area contributed by atoms with E-state index in [0.717, 1.165) is 36.6 Å². The van der Waals surface area contributed by atoms with E-state index in [4.69, 9.17) is 0 Å². The molecular weight excluding hydrogens is 384 g/mol. The fourth-order valence-electron chi connectivity index (χ4n) is 3.91. The Morgan fingerprint density at radius 2 is 1.74 bits per heavy atom. The second-order valence-corrected chi connectivity index (χ2v) is 8.25. The Kier molecular flexibility index (Phi) is 6.99. The molecule has 2 N–H and O–H groups in total. The largest absolute Gasteiger partial charge is 0.378 e. The Hall–Kier alpha value is -3.12. The van der Waals surface area contributed by atoms with Gasteiger partial charge in [0.05, 0.1) is 0 Å². The zero-order valence-corrected chi connectivity index (χ0v) is 18.5. The summed E-state index contributed by atoms with van der Waals surface area (Å²) in [6.45, 7) is 4.58. The Labute approximate surface area is 185 Å². The molecule has 31 heavy (non-hydrogen) atoms. The molecule has 0 bridgehead atoms. The van der Waals surface area contributed by atoms with Gasteiger partial charge in [0.25, 0.3) is 0 Å². The van der Waals surface area contributed by atoms with Gasteiger partial charge in [-0.05, 0) is 80.4 Å². The summed E-state index contributed by atoms with van der Waals surface area (Å²) in [7, 11) is 4.11. The molecule has 6 heteroatoms. The highest BCUT2D eigenvalue weighted by Gasteiger charge is 2.10. The molecule has 1 fully saturated rings. The van der Waals surface area contributed by atoms with E-state index in [9.17, 15) is 0 Å². The van der Waals surface area contributed by atoms with Crippen LogP contribution in [0, 0.1) is 0 Å². The van der Waals surface area contributed by atoms with E-state index in [1.54, 1.807) is 6.20 Å². The van der Waals surface area contributed by atoms with Gasteiger partial charge in [-0.2, -0.15) is 4.98 Å². The van der Waals surface area contributed by atoms with Crippen molar-refractivity contribution in [1.29, 1.82) is 0 Å². The molecule has 2 aromatic carbocycles. The zero-order valence-electron chi connectivity index (χ0n) is 18.5. The van der Waals surface area contributed by atoms with E-state index in [1.165, 1.54) is 37.2 Å². The number of rotatable bonds is 9. The van der Waals surface area contributed by atoms with Crippen LogP contribution in [-0.4, -0.2) is 55.1 Å². The molecule has 0 unspecified atom stereocenters. The van der Waals surface area contributed by atoms with Gasteiger partial charge in [0.15, 0.2) is 0 Å². The lowest BCUT2D eigenvalue weighted by atomic mass is 10.0. The van der Waals surface area contributed by atoms with Crippen molar-refractivity contribution in [2.75, 3.05) is 55.8 Å². The zero-order chi connectivity index (χ0) is 21.5. The molecule has 0 amide bonds. The monoisotopic (exact) mass is 416 g/mol. The van der Waals surface area contributed by atoms with Crippen LogP contribution in [0.1, 0.15) is 19.3 Å². The molecule has 162 valence electrons. The summed E-state index contributed by atoms with van der Waals surface area (Å²) in [6.07, 6.45) is 5.61. The first-order valence-electron chi connectivity index (χ1n) is 11.1. The van der Waals surface area contributed by atoms with Crippen molar-refractivity contribution in [3.8, 4) is 11.1 Å². The van der Waals surface area contributed by atoms with E-state index >= 15 is 0 Å². The van der Waals surface area contributed by atoms with Crippen molar-refractivity contribution >= 4 is 23.1 Å². The summed E-state index contributed by atoms with van der Waals surface area (Å²) in [5.74, 6) is 1.46. The molecule has 4 rings (SSSR count). The minimum atomic E-state index is 0.601. The molecule has 1 aliphatic rings. The summed E-state index contributed by atoms with van der Waals surface area (Å²) in [5.41, 5.74) is 4.50. The number of likely N-dealkylation sites (tertiary alicyclic amines) is 1. The number of aromatic nitrogens is 2. The average Bonchev–Trinajstić information content (AvgIpc) is 3.31. The second kappa shape index (κ2) is 10.3. The van der Waals surface area contributed by atoms with Gasteiger partial charge in [0.2, 0.25) is 5.95 Å². The summed E-state index contributed by atoms with van der Waals surface area (Å²) in [6, 6.07) is 18.8. The number of nitrogens with one attached hydrogen (secondary N) is 2. The number of hydrogen-bond donors (Lipinski definition) is 2. The Morgan fingerprint density at radius 3 is 2.55 bits per heavy atom. The first kappa shape index (κ1) is 21.1. The topological polar surface area (TPSA) is 56.3 Å². The van der Waals surface area contributed by atoms with Crippen LogP contribution in [0.4, 0.5) is 23.1 Å². The van der Waals surface area contributed by atoms with Crippen molar-refractivity contribution in [1.82, 2.24) is 14.9 Å². The van der Waals surface area contributed by atoms with Gasteiger partial charge >= 0.3 is 0 Å². The molecular formula is C25H32N6. The summed E-state index contributed by atoms with van der Waals surface area (Å²) < 4.78 is 0. The van der Waals surface area contributed by atoms with Crippen LogP contribution in [0.5, 0.6) is 0 Å². The maximum Gasteiger partial charge on any atom is 0.229 e. The van der Waals surface area contributed by atoms with Gasteiger partial charge in [-0.3, -0.25) is 0 Å². The fraction of sp³-hybridized carbons (Fsp3) is 0.360. The summed E-state index contributed by atoms with van der Waals surface area (Å²) >= 11 is 0. The second-order valence-electron chi connectivity index (χ2n) is 8.25. The maximum atomic E-state index is 4.62. The molecule has 0 spiro atoms. The van der Waals surface area contributed by atoms with Gasteiger partial charge in [-0.25, -0.2) is 4.98 Å². The van der Waals surface area contributed by atoms with E-state index in [1.807, 2.05) is 12.1 Å². The maximum absolute atomic E-state index is 4.62. The Bertz CT molecular complexity index is 981. The van der Waals surface area contributed by atoms with Crippen LogP contribution in [0.15, 0.2) is 60.8 Å². The van der Waals surface area contributed by atoms with Crippen molar-refractivity contribution in [2.45, 2.75) is 19.3 Å². The predicted octanol–water partition coefficient (Wildman–Crippen LogP) is 4.85. The van der Waals surface area contributed by atoms with E-state index in [0.29, 0.717) is 5.95 Å². The van der Waals surface area contributed by atoms with E-state index in [-0.39, 0.29) is 0 Å². The lowest BCUT2D eigenvalue weighted by Crippen LogP contribution is -2.22. The normalized spacial score (nSPS) is 13.9. The third-order valence-electron chi connectivity index (χ3n) is 5.63. The van der Waals surface area contributed by atoms with Crippen LogP contribution >= 0.6 is 0 Å². The van der Waals surface area contributed by atoms with Crippen LogP contribution in [-0.2, 0) is 0 Å².